The summed E-state index contributed by atoms with van der Waals surface area (Å²) in [6, 6.07) is 8.97. The zero-order valence-corrected chi connectivity index (χ0v) is 13.7. The van der Waals surface area contributed by atoms with Gasteiger partial charge in [0.25, 0.3) is 0 Å². The van der Waals surface area contributed by atoms with Gasteiger partial charge in [0.05, 0.1) is 24.8 Å². The maximum absolute atomic E-state index is 11.9. The van der Waals surface area contributed by atoms with Crippen molar-refractivity contribution in [2.24, 2.45) is 0 Å². The first-order valence-corrected chi connectivity index (χ1v) is 8.07. The minimum absolute atomic E-state index is 0.132. The minimum Gasteiger partial charge on any atom is -0.450 e. The summed E-state index contributed by atoms with van der Waals surface area (Å²) in [6.07, 6.45) is 1.32. The number of rotatable bonds is 5. The molecular formula is C17H22N4O3. The van der Waals surface area contributed by atoms with Gasteiger partial charge in [-0.25, -0.2) is 4.79 Å². The van der Waals surface area contributed by atoms with Crippen molar-refractivity contribution in [3.05, 3.63) is 29.8 Å². The van der Waals surface area contributed by atoms with Crippen LogP contribution >= 0.6 is 0 Å². The Bertz CT molecular complexity index is 601. The number of piperidine rings is 1. The van der Waals surface area contributed by atoms with Gasteiger partial charge in [0.2, 0.25) is 5.91 Å². The van der Waals surface area contributed by atoms with E-state index >= 15 is 0 Å². The molecule has 1 aliphatic heterocycles. The van der Waals surface area contributed by atoms with Crippen LogP contribution in [0.1, 0.15) is 25.3 Å². The Morgan fingerprint density at radius 1 is 1.29 bits per heavy atom. The minimum atomic E-state index is -0.269. The van der Waals surface area contributed by atoms with Gasteiger partial charge in [-0.3, -0.25) is 4.79 Å². The van der Waals surface area contributed by atoms with Crippen LogP contribution in [0.4, 0.5) is 10.5 Å². The third kappa shape index (κ3) is 5.25. The first-order chi connectivity index (χ1) is 11.6. The van der Waals surface area contributed by atoms with Crippen molar-refractivity contribution in [2.45, 2.75) is 25.8 Å². The zero-order valence-electron chi connectivity index (χ0n) is 13.7. The van der Waals surface area contributed by atoms with E-state index in [1.165, 1.54) is 0 Å². The van der Waals surface area contributed by atoms with Crippen molar-refractivity contribution in [1.29, 1.82) is 5.26 Å². The van der Waals surface area contributed by atoms with E-state index in [0.29, 0.717) is 30.9 Å². The smallest absolute Gasteiger partial charge is 0.409 e. The second-order valence-corrected chi connectivity index (χ2v) is 5.58. The van der Waals surface area contributed by atoms with Gasteiger partial charge in [-0.1, -0.05) is 0 Å². The SMILES string of the molecule is CCOC(=O)N1CCC(NCC(=O)Nc2ccc(C#N)cc2)CC1. The lowest BCUT2D eigenvalue weighted by Crippen LogP contribution is -2.46. The highest BCUT2D eigenvalue weighted by molar-refractivity contribution is 5.92. The topological polar surface area (TPSA) is 94.5 Å². The third-order valence-corrected chi connectivity index (χ3v) is 3.87. The van der Waals surface area contributed by atoms with Crippen LogP contribution in [0.5, 0.6) is 0 Å². The molecule has 2 N–H and O–H groups in total. The zero-order chi connectivity index (χ0) is 17.4. The molecule has 0 aromatic heterocycles. The van der Waals surface area contributed by atoms with E-state index in [1.807, 2.05) is 6.07 Å². The predicted octanol–water partition coefficient (Wildman–Crippen LogP) is 1.71. The van der Waals surface area contributed by atoms with E-state index < -0.39 is 0 Å². The van der Waals surface area contributed by atoms with Gasteiger partial charge in [-0.15, -0.1) is 0 Å². The fourth-order valence-electron chi connectivity index (χ4n) is 2.55. The Hall–Kier alpha value is -2.59. The summed E-state index contributed by atoms with van der Waals surface area (Å²) in [5.74, 6) is -0.132. The summed E-state index contributed by atoms with van der Waals surface area (Å²) in [4.78, 5) is 25.3. The number of hydrogen-bond donors (Lipinski definition) is 2. The van der Waals surface area contributed by atoms with Crippen molar-refractivity contribution in [2.75, 3.05) is 31.6 Å². The molecule has 0 unspecified atom stereocenters. The van der Waals surface area contributed by atoms with E-state index in [1.54, 1.807) is 36.1 Å². The van der Waals surface area contributed by atoms with E-state index in [9.17, 15) is 9.59 Å². The Balaban J connectivity index is 1.69. The molecule has 1 aromatic rings. The number of benzene rings is 1. The molecule has 0 saturated carbocycles. The van der Waals surface area contributed by atoms with Crippen molar-refractivity contribution in [1.82, 2.24) is 10.2 Å². The number of carbonyl (C=O) groups excluding carboxylic acids is 2. The number of nitrogens with zero attached hydrogens (tertiary/aromatic N) is 2. The summed E-state index contributed by atoms with van der Waals surface area (Å²) in [5, 5.41) is 14.7. The van der Waals surface area contributed by atoms with Crippen LogP contribution in [-0.2, 0) is 9.53 Å². The highest BCUT2D eigenvalue weighted by Crippen LogP contribution is 2.12. The Morgan fingerprint density at radius 3 is 2.54 bits per heavy atom. The largest absolute Gasteiger partial charge is 0.450 e. The summed E-state index contributed by atoms with van der Waals surface area (Å²) < 4.78 is 4.98. The fraction of sp³-hybridized carbons (Fsp3) is 0.471. The van der Waals surface area contributed by atoms with Crippen molar-refractivity contribution in [3.63, 3.8) is 0 Å². The number of carbonyl (C=O) groups is 2. The molecule has 0 radical (unpaired) electrons. The Labute approximate surface area is 141 Å². The molecule has 24 heavy (non-hydrogen) atoms. The lowest BCUT2D eigenvalue weighted by molar-refractivity contribution is -0.115. The molecule has 0 bridgehead atoms. The molecule has 1 aromatic carbocycles. The van der Waals surface area contributed by atoms with Gasteiger partial charge in [0.1, 0.15) is 0 Å². The van der Waals surface area contributed by atoms with Gasteiger partial charge in [0.15, 0.2) is 0 Å². The van der Waals surface area contributed by atoms with Crippen LogP contribution in [0.3, 0.4) is 0 Å². The van der Waals surface area contributed by atoms with Crippen LogP contribution in [0.25, 0.3) is 0 Å². The molecule has 0 aliphatic carbocycles. The number of hydrogen-bond acceptors (Lipinski definition) is 5. The van der Waals surface area contributed by atoms with Crippen molar-refractivity contribution >= 4 is 17.7 Å². The molecule has 0 spiro atoms. The molecule has 1 fully saturated rings. The number of nitrogens with one attached hydrogen (secondary N) is 2. The quantitative estimate of drug-likeness (QED) is 0.857. The standard InChI is InChI=1S/C17H22N4O3/c1-2-24-17(23)21-9-7-14(8-10-21)19-12-16(22)20-15-5-3-13(11-18)4-6-15/h3-6,14,19H,2,7-10,12H2,1H3,(H,20,22). The maximum atomic E-state index is 11.9. The average Bonchev–Trinajstić information content (AvgIpc) is 2.61. The highest BCUT2D eigenvalue weighted by atomic mass is 16.6. The molecule has 2 amide bonds. The third-order valence-electron chi connectivity index (χ3n) is 3.87. The second-order valence-electron chi connectivity index (χ2n) is 5.58. The van der Waals surface area contributed by atoms with Gasteiger partial charge < -0.3 is 20.3 Å². The predicted molar refractivity (Wildman–Crippen MR) is 89.4 cm³/mol. The molecule has 1 heterocycles. The van der Waals surface area contributed by atoms with Gasteiger partial charge in [0, 0.05) is 24.8 Å². The summed E-state index contributed by atoms with van der Waals surface area (Å²) in [6.45, 7) is 3.65. The molecule has 2 rings (SSSR count). The van der Waals surface area contributed by atoms with Crippen LogP contribution in [0.15, 0.2) is 24.3 Å². The monoisotopic (exact) mass is 330 g/mol. The lowest BCUT2D eigenvalue weighted by atomic mass is 10.1. The Kier molecular flexibility index (Phi) is 6.58. The number of ether oxygens (including phenoxy) is 1. The average molecular weight is 330 g/mol. The Morgan fingerprint density at radius 2 is 1.96 bits per heavy atom. The fourth-order valence-corrected chi connectivity index (χ4v) is 2.55. The second kappa shape index (κ2) is 8.89. The maximum Gasteiger partial charge on any atom is 0.409 e. The van der Waals surface area contributed by atoms with Crippen molar-refractivity contribution < 1.29 is 14.3 Å². The number of amides is 2. The summed E-state index contributed by atoms with van der Waals surface area (Å²) in [7, 11) is 0. The lowest BCUT2D eigenvalue weighted by Gasteiger charge is -2.31. The number of likely N-dealkylation sites (tertiary alicyclic amines) is 1. The van der Waals surface area contributed by atoms with Gasteiger partial charge in [-0.05, 0) is 44.0 Å². The number of nitriles is 1. The first-order valence-electron chi connectivity index (χ1n) is 8.07. The van der Waals surface area contributed by atoms with Gasteiger partial charge >= 0.3 is 6.09 Å². The summed E-state index contributed by atoms with van der Waals surface area (Å²) >= 11 is 0. The van der Waals surface area contributed by atoms with Crippen LogP contribution in [0, 0.1) is 11.3 Å². The molecular weight excluding hydrogens is 308 g/mol. The molecule has 1 saturated heterocycles. The first kappa shape index (κ1) is 17.8. The molecule has 1 aliphatic rings. The van der Waals surface area contributed by atoms with Crippen LogP contribution < -0.4 is 10.6 Å². The van der Waals surface area contributed by atoms with E-state index in [4.69, 9.17) is 10.00 Å². The van der Waals surface area contributed by atoms with Gasteiger partial charge in [-0.2, -0.15) is 5.26 Å². The molecule has 7 heteroatoms. The number of anilines is 1. The van der Waals surface area contributed by atoms with E-state index in [0.717, 1.165) is 12.8 Å². The van der Waals surface area contributed by atoms with Crippen LogP contribution in [0.2, 0.25) is 0 Å². The van der Waals surface area contributed by atoms with Crippen molar-refractivity contribution in [3.8, 4) is 6.07 Å². The summed E-state index contributed by atoms with van der Waals surface area (Å²) in [5.41, 5.74) is 1.22. The highest BCUT2D eigenvalue weighted by Gasteiger charge is 2.23. The molecule has 7 nitrogen and oxygen atoms in total. The van der Waals surface area contributed by atoms with E-state index in [2.05, 4.69) is 10.6 Å². The normalized spacial score (nSPS) is 14.8. The molecule has 128 valence electrons. The molecule has 0 atom stereocenters. The van der Waals surface area contributed by atoms with E-state index in [-0.39, 0.29) is 24.6 Å². The van der Waals surface area contributed by atoms with Crippen LogP contribution in [-0.4, -0.2) is 49.2 Å².